The van der Waals surface area contributed by atoms with Crippen molar-refractivity contribution < 1.29 is 13.9 Å². The monoisotopic (exact) mass is 562 g/mol. The molecule has 0 spiro atoms. The standard InChI is InChI=1S/C28H23BrN2O4S/c1-4-34-27(33)24-17(3)30-28-31(25(24)19-7-5-16(2)6-8-19)26(32)23(36-28)15-21-13-14-22(35-21)18-9-11-20(29)12-10-18/h5-15,25H,4H2,1-3H3/b23-15-/t25-/m0/s1. The summed E-state index contributed by atoms with van der Waals surface area (Å²) in [4.78, 5) is 31.8. The zero-order chi connectivity index (χ0) is 25.4. The highest BCUT2D eigenvalue weighted by Crippen LogP contribution is 2.31. The van der Waals surface area contributed by atoms with Crippen LogP contribution in [-0.4, -0.2) is 17.1 Å². The van der Waals surface area contributed by atoms with E-state index >= 15 is 0 Å². The molecule has 0 saturated carbocycles. The minimum atomic E-state index is -0.627. The first kappa shape index (κ1) is 24.2. The number of carbonyl (C=O) groups is 1. The van der Waals surface area contributed by atoms with Crippen LogP contribution in [0.5, 0.6) is 0 Å². The van der Waals surface area contributed by atoms with Crippen molar-refractivity contribution in [2.24, 2.45) is 4.99 Å². The van der Waals surface area contributed by atoms with E-state index < -0.39 is 12.0 Å². The van der Waals surface area contributed by atoms with Crippen LogP contribution in [0.4, 0.5) is 0 Å². The number of allylic oxidation sites excluding steroid dienone is 1. The van der Waals surface area contributed by atoms with Crippen molar-refractivity contribution in [2.75, 3.05) is 6.61 Å². The van der Waals surface area contributed by atoms with Crippen LogP contribution in [0, 0.1) is 6.92 Å². The summed E-state index contributed by atoms with van der Waals surface area (Å²) in [5, 5.41) is 0. The summed E-state index contributed by atoms with van der Waals surface area (Å²) < 4.78 is 14.4. The molecule has 1 aliphatic heterocycles. The highest BCUT2D eigenvalue weighted by atomic mass is 79.9. The number of ether oxygens (including phenoxy) is 1. The first-order valence-electron chi connectivity index (χ1n) is 11.5. The second-order valence-electron chi connectivity index (χ2n) is 8.42. The molecule has 4 aromatic rings. The van der Waals surface area contributed by atoms with Gasteiger partial charge in [0.15, 0.2) is 4.80 Å². The van der Waals surface area contributed by atoms with Gasteiger partial charge in [0.25, 0.3) is 5.56 Å². The number of thiazole rings is 1. The molecule has 182 valence electrons. The number of hydrogen-bond donors (Lipinski definition) is 0. The van der Waals surface area contributed by atoms with Crippen LogP contribution >= 0.6 is 27.3 Å². The maximum atomic E-state index is 13.7. The number of furan rings is 1. The van der Waals surface area contributed by atoms with Crippen LogP contribution in [0.25, 0.3) is 17.4 Å². The largest absolute Gasteiger partial charge is 0.463 e. The molecule has 3 heterocycles. The Balaban J connectivity index is 1.63. The lowest BCUT2D eigenvalue weighted by Gasteiger charge is -2.24. The lowest BCUT2D eigenvalue weighted by Crippen LogP contribution is -2.39. The van der Waals surface area contributed by atoms with E-state index in [9.17, 15) is 9.59 Å². The van der Waals surface area contributed by atoms with E-state index in [4.69, 9.17) is 9.15 Å². The van der Waals surface area contributed by atoms with Crippen molar-refractivity contribution >= 4 is 39.3 Å². The van der Waals surface area contributed by atoms with Gasteiger partial charge in [-0.3, -0.25) is 9.36 Å². The van der Waals surface area contributed by atoms with E-state index in [1.54, 1.807) is 24.5 Å². The summed E-state index contributed by atoms with van der Waals surface area (Å²) in [5.74, 6) is 0.801. The maximum absolute atomic E-state index is 13.7. The SMILES string of the molecule is CCOC(=O)C1=C(C)N=c2s/c(=C\c3ccc(-c4ccc(Br)cc4)o3)c(=O)n2[C@H]1c1ccc(C)cc1. The molecule has 6 nitrogen and oxygen atoms in total. The smallest absolute Gasteiger partial charge is 0.338 e. The van der Waals surface area contributed by atoms with Crippen molar-refractivity contribution in [1.29, 1.82) is 0 Å². The molecule has 5 rings (SSSR count). The normalized spacial score (nSPS) is 15.6. The first-order chi connectivity index (χ1) is 17.4. The lowest BCUT2D eigenvalue weighted by molar-refractivity contribution is -0.139. The number of benzene rings is 2. The summed E-state index contributed by atoms with van der Waals surface area (Å²) in [6, 6.07) is 18.7. The summed E-state index contributed by atoms with van der Waals surface area (Å²) >= 11 is 4.71. The Kier molecular flexibility index (Phi) is 6.64. The van der Waals surface area contributed by atoms with Gasteiger partial charge < -0.3 is 9.15 Å². The number of aromatic nitrogens is 1. The third kappa shape index (κ3) is 4.54. The van der Waals surface area contributed by atoms with Gasteiger partial charge >= 0.3 is 5.97 Å². The second-order valence-corrected chi connectivity index (χ2v) is 10.3. The molecule has 36 heavy (non-hydrogen) atoms. The van der Waals surface area contributed by atoms with Crippen LogP contribution in [0.15, 0.2) is 90.6 Å². The summed E-state index contributed by atoms with van der Waals surface area (Å²) in [5.41, 5.74) is 3.52. The molecule has 0 unspecified atom stereocenters. The number of nitrogens with zero attached hydrogens (tertiary/aromatic N) is 2. The number of aryl methyl sites for hydroxylation is 1. The fraction of sp³-hybridized carbons (Fsp3) is 0.179. The maximum Gasteiger partial charge on any atom is 0.338 e. The second kappa shape index (κ2) is 9.87. The van der Waals surface area contributed by atoms with Crippen molar-refractivity contribution in [3.8, 4) is 11.3 Å². The van der Waals surface area contributed by atoms with E-state index in [-0.39, 0.29) is 12.2 Å². The van der Waals surface area contributed by atoms with Gasteiger partial charge in [0, 0.05) is 16.1 Å². The number of esters is 1. The minimum Gasteiger partial charge on any atom is -0.463 e. The van der Waals surface area contributed by atoms with Gasteiger partial charge in [0.05, 0.1) is 28.5 Å². The summed E-state index contributed by atoms with van der Waals surface area (Å²) in [6.07, 6.45) is 1.72. The highest BCUT2D eigenvalue weighted by Gasteiger charge is 2.33. The van der Waals surface area contributed by atoms with Gasteiger partial charge in [-0.2, -0.15) is 0 Å². The molecule has 0 N–H and O–H groups in total. The van der Waals surface area contributed by atoms with E-state index in [1.807, 2.05) is 67.6 Å². The first-order valence-corrected chi connectivity index (χ1v) is 13.1. The molecule has 1 atom stereocenters. The zero-order valence-electron chi connectivity index (χ0n) is 19.9. The molecular weight excluding hydrogens is 540 g/mol. The van der Waals surface area contributed by atoms with E-state index in [2.05, 4.69) is 20.9 Å². The molecular formula is C28H23BrN2O4S. The third-order valence-corrected chi connectivity index (χ3v) is 7.45. The predicted octanol–water partition coefficient (Wildman–Crippen LogP) is 5.13. The molecule has 0 bridgehead atoms. The summed E-state index contributed by atoms with van der Waals surface area (Å²) in [7, 11) is 0. The van der Waals surface area contributed by atoms with Gasteiger partial charge in [-0.05, 0) is 50.6 Å². The van der Waals surface area contributed by atoms with Crippen molar-refractivity contribution in [1.82, 2.24) is 4.57 Å². The van der Waals surface area contributed by atoms with Crippen LogP contribution in [0.2, 0.25) is 0 Å². The number of hydrogen-bond acceptors (Lipinski definition) is 6. The number of fused-ring (bicyclic) bond motifs is 1. The Morgan fingerprint density at radius 2 is 1.83 bits per heavy atom. The van der Waals surface area contributed by atoms with E-state index in [1.165, 1.54) is 11.3 Å². The molecule has 0 aliphatic carbocycles. The molecule has 1 aliphatic rings. The van der Waals surface area contributed by atoms with Crippen LogP contribution in [-0.2, 0) is 9.53 Å². The number of rotatable bonds is 5. The summed E-state index contributed by atoms with van der Waals surface area (Å²) in [6.45, 7) is 5.77. The third-order valence-electron chi connectivity index (χ3n) is 5.94. The molecule has 2 aromatic carbocycles. The molecule has 0 saturated heterocycles. The predicted molar refractivity (Wildman–Crippen MR) is 143 cm³/mol. The van der Waals surface area contributed by atoms with Gasteiger partial charge in [0.2, 0.25) is 0 Å². The fourth-order valence-electron chi connectivity index (χ4n) is 4.18. The Morgan fingerprint density at radius 3 is 2.53 bits per heavy atom. The number of carbonyl (C=O) groups excluding carboxylic acids is 1. The van der Waals surface area contributed by atoms with Gasteiger partial charge in [0.1, 0.15) is 11.5 Å². The highest BCUT2D eigenvalue weighted by molar-refractivity contribution is 9.10. The molecule has 2 aromatic heterocycles. The Morgan fingerprint density at radius 1 is 1.11 bits per heavy atom. The van der Waals surface area contributed by atoms with Crippen LogP contribution in [0.1, 0.15) is 36.8 Å². The average molecular weight is 563 g/mol. The molecule has 8 heteroatoms. The van der Waals surface area contributed by atoms with Crippen LogP contribution < -0.4 is 14.9 Å². The Hall–Kier alpha value is -3.49. The number of halogens is 1. The van der Waals surface area contributed by atoms with E-state index in [0.29, 0.717) is 32.1 Å². The van der Waals surface area contributed by atoms with Crippen molar-refractivity contribution in [3.05, 3.63) is 113 Å². The Bertz CT molecular complexity index is 1660. The Labute approximate surface area is 220 Å². The zero-order valence-corrected chi connectivity index (χ0v) is 22.4. The fourth-order valence-corrected chi connectivity index (χ4v) is 5.48. The molecule has 0 fully saturated rings. The quantitative estimate of drug-likeness (QED) is 0.316. The molecule has 0 radical (unpaired) electrons. The topological polar surface area (TPSA) is 73.8 Å². The lowest BCUT2D eigenvalue weighted by atomic mass is 9.95. The molecule has 0 amide bonds. The average Bonchev–Trinajstić information content (AvgIpc) is 3.44. The van der Waals surface area contributed by atoms with Gasteiger partial charge in [-0.25, -0.2) is 9.79 Å². The van der Waals surface area contributed by atoms with Gasteiger partial charge in [-0.1, -0.05) is 69.2 Å². The van der Waals surface area contributed by atoms with Crippen LogP contribution in [0.3, 0.4) is 0 Å². The minimum absolute atomic E-state index is 0.236. The van der Waals surface area contributed by atoms with E-state index in [0.717, 1.165) is 21.2 Å². The van der Waals surface area contributed by atoms with Crippen molar-refractivity contribution in [2.45, 2.75) is 26.8 Å². The van der Waals surface area contributed by atoms with Crippen molar-refractivity contribution in [3.63, 3.8) is 0 Å². The van der Waals surface area contributed by atoms with Gasteiger partial charge in [-0.15, -0.1) is 0 Å².